The first kappa shape index (κ1) is 19.0. The van der Waals surface area contributed by atoms with E-state index in [9.17, 15) is 5.11 Å². The molecule has 0 radical (unpaired) electrons. The molecule has 0 aromatic heterocycles. The van der Waals surface area contributed by atoms with Gasteiger partial charge in [-0.25, -0.2) is 0 Å². The molecule has 0 aromatic rings. The lowest BCUT2D eigenvalue weighted by Gasteiger charge is -2.13. The minimum absolute atomic E-state index is 0.0804. The first-order valence-electron chi connectivity index (χ1n) is 8.86. The topological polar surface area (TPSA) is 20.2 Å². The molecular formula is C18H38O. The number of hydrogen-bond acceptors (Lipinski definition) is 1. The van der Waals surface area contributed by atoms with E-state index in [-0.39, 0.29) is 6.10 Å². The first-order chi connectivity index (χ1) is 9.18. The van der Waals surface area contributed by atoms with Crippen molar-refractivity contribution in [1.29, 1.82) is 0 Å². The van der Waals surface area contributed by atoms with E-state index in [0.29, 0.717) is 5.92 Å². The predicted octanol–water partition coefficient (Wildman–Crippen LogP) is 6.09. The van der Waals surface area contributed by atoms with Crippen LogP contribution in [-0.2, 0) is 0 Å². The Bertz CT molecular complexity index is 165. The van der Waals surface area contributed by atoms with Gasteiger partial charge >= 0.3 is 0 Å². The third kappa shape index (κ3) is 14.2. The van der Waals surface area contributed by atoms with Crippen molar-refractivity contribution < 1.29 is 5.11 Å². The minimum atomic E-state index is -0.0804. The van der Waals surface area contributed by atoms with Crippen LogP contribution in [0.1, 0.15) is 104 Å². The molecule has 0 saturated heterocycles. The molecule has 1 atom stereocenters. The largest absolute Gasteiger partial charge is 0.393 e. The van der Waals surface area contributed by atoms with Gasteiger partial charge in [-0.3, -0.25) is 0 Å². The molecule has 0 aliphatic heterocycles. The van der Waals surface area contributed by atoms with Gasteiger partial charge in [0, 0.05) is 0 Å². The third-order valence-corrected chi connectivity index (χ3v) is 4.12. The third-order valence-electron chi connectivity index (χ3n) is 4.12. The van der Waals surface area contributed by atoms with E-state index in [1.165, 1.54) is 77.0 Å². The number of rotatable bonds is 14. The molecule has 1 heteroatoms. The Kier molecular flexibility index (Phi) is 14.3. The second-order valence-corrected chi connectivity index (χ2v) is 6.49. The maximum atomic E-state index is 9.69. The van der Waals surface area contributed by atoms with Crippen molar-refractivity contribution in [3.05, 3.63) is 0 Å². The zero-order valence-electron chi connectivity index (χ0n) is 13.8. The molecule has 0 aliphatic carbocycles. The summed E-state index contributed by atoms with van der Waals surface area (Å²) in [5, 5.41) is 9.69. The highest BCUT2D eigenvalue weighted by molar-refractivity contribution is 4.59. The van der Waals surface area contributed by atoms with Crippen LogP contribution in [0, 0.1) is 5.92 Å². The molecule has 0 fully saturated rings. The molecule has 19 heavy (non-hydrogen) atoms. The SMILES string of the molecule is CCCCCCCCCCCCCCC(O)C(C)C. The fraction of sp³-hybridized carbons (Fsp3) is 1.00. The van der Waals surface area contributed by atoms with Crippen molar-refractivity contribution in [3.63, 3.8) is 0 Å². The molecule has 0 heterocycles. The van der Waals surface area contributed by atoms with Gasteiger partial charge in [0.1, 0.15) is 0 Å². The molecule has 0 aromatic carbocycles. The van der Waals surface area contributed by atoms with Gasteiger partial charge in [0.2, 0.25) is 0 Å². The van der Waals surface area contributed by atoms with Crippen LogP contribution >= 0.6 is 0 Å². The van der Waals surface area contributed by atoms with Crippen LogP contribution in [-0.4, -0.2) is 11.2 Å². The minimum Gasteiger partial charge on any atom is -0.393 e. The van der Waals surface area contributed by atoms with E-state index >= 15 is 0 Å². The number of unbranched alkanes of at least 4 members (excludes halogenated alkanes) is 11. The maximum Gasteiger partial charge on any atom is 0.0563 e. The lowest BCUT2D eigenvalue weighted by molar-refractivity contribution is 0.113. The fourth-order valence-corrected chi connectivity index (χ4v) is 2.53. The van der Waals surface area contributed by atoms with Crippen LogP contribution in [0.5, 0.6) is 0 Å². The molecule has 0 saturated carbocycles. The predicted molar refractivity (Wildman–Crippen MR) is 86.5 cm³/mol. The van der Waals surface area contributed by atoms with E-state index in [4.69, 9.17) is 0 Å². The number of hydrogen-bond donors (Lipinski definition) is 1. The van der Waals surface area contributed by atoms with E-state index < -0.39 is 0 Å². The smallest absolute Gasteiger partial charge is 0.0563 e. The lowest BCUT2D eigenvalue weighted by Crippen LogP contribution is -2.13. The summed E-state index contributed by atoms with van der Waals surface area (Å²) < 4.78 is 0. The molecular weight excluding hydrogens is 232 g/mol. The first-order valence-corrected chi connectivity index (χ1v) is 8.86. The van der Waals surface area contributed by atoms with Crippen LogP contribution < -0.4 is 0 Å². The van der Waals surface area contributed by atoms with Crippen LogP contribution in [0.25, 0.3) is 0 Å². The summed E-state index contributed by atoms with van der Waals surface area (Å²) in [6.45, 7) is 6.48. The van der Waals surface area contributed by atoms with Crippen molar-refractivity contribution in [3.8, 4) is 0 Å². The van der Waals surface area contributed by atoms with Gasteiger partial charge in [0.05, 0.1) is 6.10 Å². The highest BCUT2D eigenvalue weighted by Gasteiger charge is 2.07. The molecule has 0 amide bonds. The van der Waals surface area contributed by atoms with E-state index in [1.54, 1.807) is 0 Å². The average Bonchev–Trinajstić information content (AvgIpc) is 2.39. The van der Waals surface area contributed by atoms with Gasteiger partial charge in [0.15, 0.2) is 0 Å². The standard InChI is InChI=1S/C18H38O/c1-4-5-6-7-8-9-10-11-12-13-14-15-16-18(19)17(2)3/h17-19H,4-16H2,1-3H3. The summed E-state index contributed by atoms with van der Waals surface area (Å²) >= 11 is 0. The molecule has 1 unspecified atom stereocenters. The monoisotopic (exact) mass is 270 g/mol. The molecule has 1 nitrogen and oxygen atoms in total. The van der Waals surface area contributed by atoms with Crippen LogP contribution in [0.4, 0.5) is 0 Å². The molecule has 0 rings (SSSR count). The quantitative estimate of drug-likeness (QED) is 0.378. The molecule has 0 spiro atoms. The zero-order chi connectivity index (χ0) is 14.3. The molecule has 1 N–H and O–H groups in total. The molecule has 0 bridgehead atoms. The summed E-state index contributed by atoms with van der Waals surface area (Å²) in [5.74, 6) is 0.424. The van der Waals surface area contributed by atoms with E-state index in [1.807, 2.05) is 0 Å². The van der Waals surface area contributed by atoms with Gasteiger partial charge in [-0.1, -0.05) is 97.8 Å². The van der Waals surface area contributed by atoms with Crippen molar-refractivity contribution in [2.75, 3.05) is 0 Å². The van der Waals surface area contributed by atoms with Gasteiger partial charge in [-0.15, -0.1) is 0 Å². The number of aliphatic hydroxyl groups is 1. The Morgan fingerprint density at radius 2 is 1.00 bits per heavy atom. The van der Waals surface area contributed by atoms with Gasteiger partial charge in [-0.2, -0.15) is 0 Å². The average molecular weight is 271 g/mol. The highest BCUT2D eigenvalue weighted by atomic mass is 16.3. The van der Waals surface area contributed by atoms with Crippen LogP contribution in [0.3, 0.4) is 0 Å². The Morgan fingerprint density at radius 1 is 0.632 bits per heavy atom. The van der Waals surface area contributed by atoms with Gasteiger partial charge in [-0.05, 0) is 12.3 Å². The summed E-state index contributed by atoms with van der Waals surface area (Å²) in [4.78, 5) is 0. The zero-order valence-corrected chi connectivity index (χ0v) is 13.8. The summed E-state index contributed by atoms with van der Waals surface area (Å²) in [7, 11) is 0. The number of aliphatic hydroxyl groups excluding tert-OH is 1. The summed E-state index contributed by atoms with van der Waals surface area (Å²) in [6.07, 6.45) is 17.6. The second-order valence-electron chi connectivity index (χ2n) is 6.49. The molecule has 116 valence electrons. The summed E-state index contributed by atoms with van der Waals surface area (Å²) in [5.41, 5.74) is 0. The van der Waals surface area contributed by atoms with E-state index in [0.717, 1.165) is 6.42 Å². The Morgan fingerprint density at radius 3 is 1.37 bits per heavy atom. The Labute approximate surface area is 122 Å². The molecule has 0 aliphatic rings. The normalized spacial score (nSPS) is 13.1. The fourth-order valence-electron chi connectivity index (χ4n) is 2.53. The second kappa shape index (κ2) is 14.4. The van der Waals surface area contributed by atoms with Gasteiger partial charge in [0.25, 0.3) is 0 Å². The Balaban J connectivity index is 3.03. The van der Waals surface area contributed by atoms with E-state index in [2.05, 4.69) is 20.8 Å². The van der Waals surface area contributed by atoms with Crippen molar-refractivity contribution in [1.82, 2.24) is 0 Å². The van der Waals surface area contributed by atoms with Crippen LogP contribution in [0.15, 0.2) is 0 Å². The lowest BCUT2D eigenvalue weighted by atomic mass is 10.00. The van der Waals surface area contributed by atoms with Gasteiger partial charge < -0.3 is 5.11 Å². The highest BCUT2D eigenvalue weighted by Crippen LogP contribution is 2.14. The van der Waals surface area contributed by atoms with Crippen molar-refractivity contribution in [2.24, 2.45) is 5.92 Å². The van der Waals surface area contributed by atoms with Crippen molar-refractivity contribution in [2.45, 2.75) is 110 Å². The summed E-state index contributed by atoms with van der Waals surface area (Å²) in [6, 6.07) is 0. The van der Waals surface area contributed by atoms with Crippen LogP contribution in [0.2, 0.25) is 0 Å². The van der Waals surface area contributed by atoms with Crippen molar-refractivity contribution >= 4 is 0 Å². The Hall–Kier alpha value is -0.0400. The maximum absolute atomic E-state index is 9.69.